The summed E-state index contributed by atoms with van der Waals surface area (Å²) in [6.45, 7) is 0. The summed E-state index contributed by atoms with van der Waals surface area (Å²) < 4.78 is 2.72. The van der Waals surface area contributed by atoms with Crippen LogP contribution >= 0.6 is 50.6 Å². The maximum Gasteiger partial charge on any atom is 0.235 e. The van der Waals surface area contributed by atoms with Crippen LogP contribution in [0.4, 0.5) is 0 Å². The highest BCUT2D eigenvalue weighted by atomic mass is 79.9. The topological polar surface area (TPSA) is 56.0 Å². The fraction of sp³-hybridized carbons (Fsp3) is 0.0667. The molecule has 9 heteroatoms. The van der Waals surface area contributed by atoms with Crippen molar-refractivity contribution in [1.29, 1.82) is 0 Å². The van der Waals surface area contributed by atoms with Crippen molar-refractivity contribution in [2.75, 3.05) is 0 Å². The first-order valence-electron chi connectivity index (χ1n) is 6.89. The van der Waals surface area contributed by atoms with Crippen molar-refractivity contribution < 1.29 is 0 Å². The van der Waals surface area contributed by atoms with Gasteiger partial charge >= 0.3 is 0 Å². The molecule has 3 heterocycles. The van der Waals surface area contributed by atoms with Crippen LogP contribution in [0.1, 0.15) is 5.82 Å². The summed E-state index contributed by atoms with van der Waals surface area (Å²) in [7, 11) is 0. The number of hydrogen-bond acceptors (Lipinski definition) is 6. The third kappa shape index (κ3) is 3.32. The number of halogens is 2. The van der Waals surface area contributed by atoms with Crippen LogP contribution in [0.2, 0.25) is 5.02 Å². The molecule has 0 atom stereocenters. The number of aromatic nitrogens is 5. The Balaban J connectivity index is 1.59. The summed E-state index contributed by atoms with van der Waals surface area (Å²) in [4.78, 5) is 6.08. The van der Waals surface area contributed by atoms with Gasteiger partial charge in [-0.25, -0.2) is 0 Å². The Morgan fingerprint density at radius 1 is 1.17 bits per heavy atom. The predicted molar refractivity (Wildman–Crippen MR) is 101 cm³/mol. The Hall–Kier alpha value is -1.48. The van der Waals surface area contributed by atoms with E-state index in [1.807, 2.05) is 30.3 Å². The molecule has 0 unspecified atom stereocenters. The quantitative estimate of drug-likeness (QED) is 0.422. The average molecular weight is 439 g/mol. The molecule has 0 saturated carbocycles. The molecule has 24 heavy (non-hydrogen) atoms. The number of nitrogens with zero attached hydrogens (tertiary/aromatic N) is 5. The molecule has 4 aromatic rings. The van der Waals surface area contributed by atoms with E-state index in [0.717, 1.165) is 35.7 Å². The lowest BCUT2D eigenvalue weighted by Crippen LogP contribution is -1.94. The third-order valence-corrected chi connectivity index (χ3v) is 5.83. The standard InChI is InChI=1S/C15H9BrClN5S2/c16-10-5-9(6-18-7-10)14-21-22-13(19-20-15(22)24-14)8-23-12-3-1-11(17)2-4-12/h1-7H,8H2. The van der Waals surface area contributed by atoms with Crippen LogP contribution in [-0.4, -0.2) is 24.8 Å². The molecule has 0 N–H and O–H groups in total. The van der Waals surface area contributed by atoms with E-state index in [0.29, 0.717) is 5.75 Å². The van der Waals surface area contributed by atoms with Gasteiger partial charge in [0.05, 0.1) is 5.75 Å². The van der Waals surface area contributed by atoms with E-state index in [2.05, 4.69) is 36.2 Å². The Kier molecular flexibility index (Phi) is 4.53. The van der Waals surface area contributed by atoms with E-state index in [4.69, 9.17) is 11.6 Å². The van der Waals surface area contributed by atoms with Gasteiger partial charge in [-0.15, -0.1) is 22.0 Å². The van der Waals surface area contributed by atoms with E-state index in [1.54, 1.807) is 28.7 Å². The van der Waals surface area contributed by atoms with Gasteiger partial charge in [-0.3, -0.25) is 4.98 Å². The zero-order chi connectivity index (χ0) is 16.5. The second-order valence-electron chi connectivity index (χ2n) is 4.85. The number of fused-ring (bicyclic) bond motifs is 1. The average Bonchev–Trinajstić information content (AvgIpc) is 3.15. The minimum Gasteiger partial charge on any atom is -0.263 e. The normalized spacial score (nSPS) is 11.2. The molecule has 0 aliphatic heterocycles. The summed E-state index contributed by atoms with van der Waals surface area (Å²) in [6, 6.07) is 9.73. The van der Waals surface area contributed by atoms with Gasteiger partial charge in [0.15, 0.2) is 5.82 Å². The monoisotopic (exact) mass is 437 g/mol. The summed E-state index contributed by atoms with van der Waals surface area (Å²) in [6.07, 6.45) is 3.54. The van der Waals surface area contributed by atoms with E-state index >= 15 is 0 Å². The second kappa shape index (κ2) is 6.79. The summed E-state index contributed by atoms with van der Waals surface area (Å²) in [5.74, 6) is 1.50. The van der Waals surface area contributed by atoms with Crippen molar-refractivity contribution in [1.82, 2.24) is 24.8 Å². The zero-order valence-corrected chi connectivity index (χ0v) is 16.0. The lowest BCUT2D eigenvalue weighted by molar-refractivity contribution is 0.887. The van der Waals surface area contributed by atoms with Gasteiger partial charge in [0.1, 0.15) is 5.01 Å². The smallest absolute Gasteiger partial charge is 0.235 e. The van der Waals surface area contributed by atoms with Crippen LogP contribution in [-0.2, 0) is 5.75 Å². The van der Waals surface area contributed by atoms with Crippen molar-refractivity contribution >= 4 is 55.6 Å². The van der Waals surface area contributed by atoms with Gasteiger partial charge in [0, 0.05) is 32.3 Å². The lowest BCUT2D eigenvalue weighted by atomic mass is 10.3. The first-order chi connectivity index (χ1) is 11.7. The van der Waals surface area contributed by atoms with Crippen molar-refractivity contribution in [3.63, 3.8) is 0 Å². The number of hydrogen-bond donors (Lipinski definition) is 0. The third-order valence-electron chi connectivity index (χ3n) is 3.19. The minimum atomic E-state index is 0.683. The maximum atomic E-state index is 5.91. The van der Waals surface area contributed by atoms with Crippen molar-refractivity contribution in [2.24, 2.45) is 0 Å². The van der Waals surface area contributed by atoms with E-state index < -0.39 is 0 Å². The Labute approximate surface area is 159 Å². The zero-order valence-electron chi connectivity index (χ0n) is 12.1. The van der Waals surface area contributed by atoms with Crippen LogP contribution in [0.3, 0.4) is 0 Å². The van der Waals surface area contributed by atoms with Gasteiger partial charge in [-0.2, -0.15) is 9.61 Å². The van der Waals surface area contributed by atoms with E-state index in [1.165, 1.54) is 11.3 Å². The molecule has 0 aliphatic carbocycles. The maximum absolute atomic E-state index is 5.91. The van der Waals surface area contributed by atoms with Crippen molar-refractivity contribution in [2.45, 2.75) is 10.6 Å². The predicted octanol–water partition coefficient (Wildman–Crippen LogP) is 4.96. The molecule has 0 aliphatic rings. The Morgan fingerprint density at radius 3 is 2.79 bits per heavy atom. The number of rotatable bonds is 4. The van der Waals surface area contributed by atoms with E-state index in [9.17, 15) is 0 Å². The summed E-state index contributed by atoms with van der Waals surface area (Å²) in [5, 5.41) is 14.7. The van der Waals surface area contributed by atoms with E-state index in [-0.39, 0.29) is 0 Å². The highest BCUT2D eigenvalue weighted by Gasteiger charge is 2.13. The first kappa shape index (κ1) is 16.0. The highest BCUT2D eigenvalue weighted by Crippen LogP contribution is 2.28. The van der Waals surface area contributed by atoms with Crippen LogP contribution in [0.25, 0.3) is 15.5 Å². The molecule has 120 valence electrons. The molecule has 5 nitrogen and oxygen atoms in total. The molecular formula is C15H9BrClN5S2. The van der Waals surface area contributed by atoms with Gasteiger partial charge < -0.3 is 0 Å². The molecule has 1 aromatic carbocycles. The van der Waals surface area contributed by atoms with Crippen molar-refractivity contribution in [3.8, 4) is 10.6 Å². The molecular weight excluding hydrogens is 430 g/mol. The fourth-order valence-electron chi connectivity index (χ4n) is 2.07. The van der Waals surface area contributed by atoms with Crippen LogP contribution in [0.15, 0.2) is 52.1 Å². The number of thioether (sulfide) groups is 1. The summed E-state index contributed by atoms with van der Waals surface area (Å²) in [5.41, 5.74) is 0.955. The Bertz CT molecular complexity index is 999. The molecule has 0 saturated heterocycles. The SMILES string of the molecule is Clc1ccc(SCc2nnc3sc(-c4cncc(Br)c4)nn23)cc1. The highest BCUT2D eigenvalue weighted by molar-refractivity contribution is 9.10. The van der Waals surface area contributed by atoms with Crippen LogP contribution in [0.5, 0.6) is 0 Å². The molecule has 0 bridgehead atoms. The molecule has 0 fully saturated rings. The molecule has 0 amide bonds. The van der Waals surface area contributed by atoms with Gasteiger partial charge in [-0.05, 0) is 46.3 Å². The number of pyridine rings is 1. The first-order valence-corrected chi connectivity index (χ1v) is 9.87. The molecule has 3 aromatic heterocycles. The van der Waals surface area contributed by atoms with Crippen LogP contribution < -0.4 is 0 Å². The largest absolute Gasteiger partial charge is 0.263 e. The molecule has 4 rings (SSSR count). The van der Waals surface area contributed by atoms with Gasteiger partial charge in [0.2, 0.25) is 4.96 Å². The summed E-state index contributed by atoms with van der Waals surface area (Å²) >= 11 is 12.5. The Morgan fingerprint density at radius 2 is 2.00 bits per heavy atom. The van der Waals surface area contributed by atoms with Gasteiger partial charge in [-0.1, -0.05) is 22.9 Å². The van der Waals surface area contributed by atoms with Crippen molar-refractivity contribution in [3.05, 3.63) is 58.0 Å². The minimum absolute atomic E-state index is 0.683. The second-order valence-corrected chi connectivity index (χ2v) is 8.21. The lowest BCUT2D eigenvalue weighted by Gasteiger charge is -1.99. The van der Waals surface area contributed by atoms with Crippen LogP contribution in [0, 0.1) is 0 Å². The fourth-order valence-corrected chi connectivity index (χ4v) is 4.21. The van der Waals surface area contributed by atoms with Gasteiger partial charge in [0.25, 0.3) is 0 Å². The number of benzene rings is 1. The molecule has 0 radical (unpaired) electrons. The molecule has 0 spiro atoms.